The zero-order chi connectivity index (χ0) is 13.9. The smallest absolute Gasteiger partial charge is 0.310 e. The molecular weight excluding hydrogens is 256 g/mol. The summed E-state index contributed by atoms with van der Waals surface area (Å²) in [5.41, 5.74) is 2.46. The lowest BCUT2D eigenvalue weighted by Crippen LogP contribution is -2.16. The van der Waals surface area contributed by atoms with E-state index < -0.39 is 0 Å². The van der Waals surface area contributed by atoms with Crippen molar-refractivity contribution in [2.24, 2.45) is 0 Å². The third-order valence-corrected chi connectivity index (χ3v) is 3.29. The van der Waals surface area contributed by atoms with E-state index in [1.54, 1.807) is 12.1 Å². The number of phenolic OH excluding ortho intramolecular Hbond substituents is 1. The number of aromatic hydroxyl groups is 1. The van der Waals surface area contributed by atoms with E-state index in [9.17, 15) is 9.90 Å². The third-order valence-electron chi connectivity index (χ3n) is 3.29. The van der Waals surface area contributed by atoms with E-state index in [4.69, 9.17) is 9.47 Å². The second kappa shape index (κ2) is 5.25. The van der Waals surface area contributed by atoms with Gasteiger partial charge in [-0.05, 0) is 17.2 Å². The Morgan fingerprint density at radius 2 is 1.95 bits per heavy atom. The van der Waals surface area contributed by atoms with Crippen LogP contribution in [0.2, 0.25) is 0 Å². The summed E-state index contributed by atoms with van der Waals surface area (Å²) in [5.74, 6) is 0.200. The van der Waals surface area contributed by atoms with E-state index in [-0.39, 0.29) is 24.7 Å². The third kappa shape index (κ3) is 2.45. The Kier molecular flexibility index (Phi) is 3.29. The second-order valence-corrected chi connectivity index (χ2v) is 4.66. The molecule has 1 aliphatic heterocycles. The summed E-state index contributed by atoms with van der Waals surface area (Å²) >= 11 is 0. The number of carbonyl (C=O) groups is 1. The Morgan fingerprint density at radius 1 is 1.15 bits per heavy atom. The van der Waals surface area contributed by atoms with Crippen LogP contribution in [-0.4, -0.2) is 11.1 Å². The summed E-state index contributed by atoms with van der Waals surface area (Å²) in [7, 11) is 0. The van der Waals surface area contributed by atoms with Crippen molar-refractivity contribution in [2.75, 3.05) is 0 Å². The number of cyclic esters (lactones) is 1. The van der Waals surface area contributed by atoms with Crippen molar-refractivity contribution in [3.05, 3.63) is 59.2 Å². The van der Waals surface area contributed by atoms with Crippen LogP contribution >= 0.6 is 0 Å². The zero-order valence-electron chi connectivity index (χ0n) is 10.8. The maximum Gasteiger partial charge on any atom is 0.310 e. The molecule has 0 spiro atoms. The van der Waals surface area contributed by atoms with E-state index in [0.717, 1.165) is 11.1 Å². The largest absolute Gasteiger partial charge is 0.504 e. The molecule has 2 aromatic carbocycles. The maximum absolute atomic E-state index is 11.2. The number of benzene rings is 2. The van der Waals surface area contributed by atoms with Crippen molar-refractivity contribution < 1.29 is 19.4 Å². The molecule has 0 fully saturated rings. The molecule has 4 heteroatoms. The minimum absolute atomic E-state index is 0.0610. The maximum atomic E-state index is 11.2. The molecule has 3 rings (SSSR count). The number of rotatable bonds is 3. The molecule has 0 atom stereocenters. The molecule has 20 heavy (non-hydrogen) atoms. The number of ether oxygens (including phenoxy) is 2. The zero-order valence-corrected chi connectivity index (χ0v) is 10.8. The lowest BCUT2D eigenvalue weighted by Gasteiger charge is -2.19. The first-order chi connectivity index (χ1) is 9.74. The molecular formula is C16H14O4. The van der Waals surface area contributed by atoms with E-state index in [1.807, 2.05) is 30.3 Å². The van der Waals surface area contributed by atoms with Crippen LogP contribution in [0.25, 0.3) is 0 Å². The van der Waals surface area contributed by atoms with Crippen molar-refractivity contribution in [1.29, 1.82) is 0 Å². The quantitative estimate of drug-likeness (QED) is 0.871. The van der Waals surface area contributed by atoms with Crippen LogP contribution in [0.1, 0.15) is 16.7 Å². The van der Waals surface area contributed by atoms with Crippen molar-refractivity contribution in [3.63, 3.8) is 0 Å². The molecule has 1 aliphatic rings. The number of hydrogen-bond acceptors (Lipinski definition) is 4. The number of hydrogen-bond donors (Lipinski definition) is 1. The summed E-state index contributed by atoms with van der Waals surface area (Å²) in [6.45, 7) is 0.482. The van der Waals surface area contributed by atoms with Crippen molar-refractivity contribution >= 4 is 5.97 Å². The summed E-state index contributed by atoms with van der Waals surface area (Å²) < 4.78 is 10.6. The van der Waals surface area contributed by atoms with Crippen molar-refractivity contribution in [1.82, 2.24) is 0 Å². The van der Waals surface area contributed by atoms with Crippen LogP contribution < -0.4 is 4.74 Å². The average Bonchev–Trinajstić information content (AvgIpc) is 2.47. The van der Waals surface area contributed by atoms with E-state index in [2.05, 4.69) is 0 Å². The van der Waals surface area contributed by atoms with Crippen molar-refractivity contribution in [2.45, 2.75) is 19.6 Å². The first-order valence-corrected chi connectivity index (χ1v) is 6.40. The Bertz CT molecular complexity index is 634. The lowest BCUT2D eigenvalue weighted by atomic mass is 10.0. The van der Waals surface area contributed by atoms with Gasteiger partial charge in [0, 0.05) is 5.56 Å². The molecule has 0 aliphatic carbocycles. The van der Waals surface area contributed by atoms with Gasteiger partial charge in [0.2, 0.25) is 0 Å². The molecule has 0 saturated carbocycles. The van der Waals surface area contributed by atoms with E-state index in [0.29, 0.717) is 17.9 Å². The molecule has 1 heterocycles. The minimum atomic E-state index is -0.269. The molecule has 2 aromatic rings. The van der Waals surface area contributed by atoms with Crippen LogP contribution in [0, 0.1) is 0 Å². The van der Waals surface area contributed by atoms with Gasteiger partial charge in [-0.2, -0.15) is 0 Å². The highest BCUT2D eigenvalue weighted by Gasteiger charge is 2.21. The summed E-state index contributed by atoms with van der Waals surface area (Å²) in [5, 5.41) is 10.2. The van der Waals surface area contributed by atoms with Gasteiger partial charge >= 0.3 is 5.97 Å². The van der Waals surface area contributed by atoms with Gasteiger partial charge in [-0.15, -0.1) is 0 Å². The second-order valence-electron chi connectivity index (χ2n) is 4.66. The molecule has 0 aromatic heterocycles. The molecule has 0 bridgehead atoms. The van der Waals surface area contributed by atoms with Gasteiger partial charge in [0.1, 0.15) is 13.2 Å². The van der Waals surface area contributed by atoms with Gasteiger partial charge in [-0.25, -0.2) is 0 Å². The molecule has 0 radical (unpaired) electrons. The number of esters is 1. The van der Waals surface area contributed by atoms with Gasteiger partial charge in [-0.1, -0.05) is 36.4 Å². The van der Waals surface area contributed by atoms with Gasteiger partial charge in [-0.3, -0.25) is 4.79 Å². The first kappa shape index (κ1) is 12.5. The molecule has 0 amide bonds. The van der Waals surface area contributed by atoms with Gasteiger partial charge in [0.15, 0.2) is 11.5 Å². The fourth-order valence-electron chi connectivity index (χ4n) is 2.19. The van der Waals surface area contributed by atoms with Crippen LogP contribution in [0.3, 0.4) is 0 Å². The lowest BCUT2D eigenvalue weighted by molar-refractivity contribution is -0.145. The normalized spacial score (nSPS) is 13.5. The fourth-order valence-corrected chi connectivity index (χ4v) is 2.19. The Hall–Kier alpha value is -2.49. The summed E-state index contributed by atoms with van der Waals surface area (Å²) in [4.78, 5) is 11.2. The van der Waals surface area contributed by atoms with Crippen LogP contribution in [0.5, 0.6) is 11.5 Å². The van der Waals surface area contributed by atoms with Gasteiger partial charge in [0.25, 0.3) is 0 Å². The first-order valence-electron chi connectivity index (χ1n) is 6.40. The highest BCUT2D eigenvalue weighted by molar-refractivity contribution is 5.75. The standard InChI is InChI=1S/C16H14O4/c17-15-8-12-6-7-14(16(18)13(12)10-20-15)19-9-11-4-2-1-3-5-11/h1-7,18H,8-10H2. The molecule has 102 valence electrons. The van der Waals surface area contributed by atoms with Gasteiger partial charge in [0.05, 0.1) is 6.42 Å². The van der Waals surface area contributed by atoms with Gasteiger partial charge < -0.3 is 14.6 Å². The summed E-state index contributed by atoms with van der Waals surface area (Å²) in [6.07, 6.45) is 0.196. The van der Waals surface area contributed by atoms with E-state index in [1.165, 1.54) is 0 Å². The van der Waals surface area contributed by atoms with E-state index >= 15 is 0 Å². The Balaban J connectivity index is 1.79. The van der Waals surface area contributed by atoms with Crippen LogP contribution in [0.4, 0.5) is 0 Å². The van der Waals surface area contributed by atoms with Crippen LogP contribution in [0.15, 0.2) is 42.5 Å². The Morgan fingerprint density at radius 3 is 2.75 bits per heavy atom. The predicted molar refractivity (Wildman–Crippen MR) is 72.4 cm³/mol. The molecule has 4 nitrogen and oxygen atoms in total. The average molecular weight is 270 g/mol. The number of phenols is 1. The number of fused-ring (bicyclic) bond motifs is 1. The predicted octanol–water partition coefficient (Wildman–Crippen LogP) is 2.57. The summed E-state index contributed by atoms with van der Waals surface area (Å²) in [6, 6.07) is 13.2. The molecule has 0 saturated heterocycles. The highest BCUT2D eigenvalue weighted by atomic mass is 16.5. The Labute approximate surface area is 116 Å². The molecule has 0 unspecified atom stereocenters. The number of carbonyl (C=O) groups excluding carboxylic acids is 1. The van der Waals surface area contributed by atoms with Crippen molar-refractivity contribution in [3.8, 4) is 11.5 Å². The minimum Gasteiger partial charge on any atom is -0.504 e. The topological polar surface area (TPSA) is 55.8 Å². The fraction of sp³-hybridized carbons (Fsp3) is 0.188. The molecule has 1 N–H and O–H groups in total. The monoisotopic (exact) mass is 270 g/mol. The van der Waals surface area contributed by atoms with Crippen LogP contribution in [-0.2, 0) is 29.2 Å². The SMILES string of the molecule is O=C1Cc2ccc(OCc3ccccc3)c(O)c2CO1. The highest BCUT2D eigenvalue weighted by Crippen LogP contribution is 2.35.